The van der Waals surface area contributed by atoms with E-state index in [1.165, 1.54) is 25.7 Å². The maximum absolute atomic E-state index is 6.05. The summed E-state index contributed by atoms with van der Waals surface area (Å²) in [6.07, 6.45) is 7.02. The van der Waals surface area contributed by atoms with Crippen LogP contribution in [0.4, 0.5) is 11.8 Å². The quantitative estimate of drug-likeness (QED) is 0.754. The average Bonchev–Trinajstić information content (AvgIpc) is 2.91. The molecule has 1 saturated carbocycles. The Hall–Kier alpha value is -1.07. The van der Waals surface area contributed by atoms with Crippen LogP contribution in [0.25, 0.3) is 0 Å². The van der Waals surface area contributed by atoms with Crippen molar-refractivity contribution in [2.24, 2.45) is 0 Å². The van der Waals surface area contributed by atoms with E-state index in [-0.39, 0.29) is 0 Å². The first-order valence-corrected chi connectivity index (χ1v) is 7.29. The molecule has 19 heavy (non-hydrogen) atoms. The molecule has 6 heteroatoms. The second-order valence-electron chi connectivity index (χ2n) is 4.62. The molecule has 0 aromatic carbocycles. The van der Waals surface area contributed by atoms with Gasteiger partial charge in [0.25, 0.3) is 0 Å². The van der Waals surface area contributed by atoms with E-state index in [0.29, 0.717) is 36.0 Å². The normalized spacial score (nSPS) is 15.7. The summed E-state index contributed by atoms with van der Waals surface area (Å²) in [5.74, 6) is 1.24. The van der Waals surface area contributed by atoms with Gasteiger partial charge in [-0.3, -0.25) is 0 Å². The van der Waals surface area contributed by atoms with Crippen molar-refractivity contribution in [3.05, 3.63) is 11.2 Å². The largest absolute Gasteiger partial charge is 0.376 e. The lowest BCUT2D eigenvalue weighted by Gasteiger charge is -2.12. The van der Waals surface area contributed by atoms with E-state index in [1.54, 1.807) is 6.20 Å². The van der Waals surface area contributed by atoms with Gasteiger partial charge in [-0.1, -0.05) is 24.4 Å². The van der Waals surface area contributed by atoms with Gasteiger partial charge in [-0.2, -0.15) is 4.98 Å². The van der Waals surface area contributed by atoms with Crippen LogP contribution in [0.15, 0.2) is 6.20 Å². The number of nitrogens with one attached hydrogen (secondary N) is 2. The summed E-state index contributed by atoms with van der Waals surface area (Å²) in [6.45, 7) is 4.17. The molecule has 0 saturated heterocycles. The first kappa shape index (κ1) is 14.3. The van der Waals surface area contributed by atoms with E-state index >= 15 is 0 Å². The van der Waals surface area contributed by atoms with Crippen LogP contribution in [-0.4, -0.2) is 35.8 Å². The Morgan fingerprint density at radius 3 is 2.89 bits per heavy atom. The zero-order valence-electron chi connectivity index (χ0n) is 11.3. The van der Waals surface area contributed by atoms with Gasteiger partial charge in [0.1, 0.15) is 5.02 Å². The van der Waals surface area contributed by atoms with E-state index in [2.05, 4.69) is 20.6 Å². The van der Waals surface area contributed by atoms with Gasteiger partial charge < -0.3 is 15.4 Å². The monoisotopic (exact) mass is 284 g/mol. The number of rotatable bonds is 7. The average molecular weight is 285 g/mol. The lowest BCUT2D eigenvalue weighted by atomic mass is 10.3. The Labute approximate surface area is 119 Å². The molecule has 1 aromatic rings. The van der Waals surface area contributed by atoms with Crippen molar-refractivity contribution in [1.29, 1.82) is 0 Å². The second-order valence-corrected chi connectivity index (χ2v) is 5.03. The van der Waals surface area contributed by atoms with Crippen LogP contribution in [-0.2, 0) is 4.74 Å². The van der Waals surface area contributed by atoms with Crippen LogP contribution in [0.5, 0.6) is 0 Å². The molecule has 0 atom stereocenters. The SMILES string of the molecule is CCNc1ncc(Cl)c(NCCOC2CCCC2)n1. The Kier molecular flexibility index (Phi) is 5.66. The maximum Gasteiger partial charge on any atom is 0.224 e. The molecule has 1 aliphatic carbocycles. The summed E-state index contributed by atoms with van der Waals surface area (Å²) in [7, 11) is 0. The minimum absolute atomic E-state index is 0.444. The number of ether oxygens (including phenoxy) is 1. The van der Waals surface area contributed by atoms with Crippen molar-refractivity contribution < 1.29 is 4.74 Å². The van der Waals surface area contributed by atoms with Crippen molar-refractivity contribution in [3.63, 3.8) is 0 Å². The van der Waals surface area contributed by atoms with Crippen molar-refractivity contribution in [2.45, 2.75) is 38.7 Å². The number of hydrogen-bond donors (Lipinski definition) is 2. The van der Waals surface area contributed by atoms with Crippen LogP contribution < -0.4 is 10.6 Å². The summed E-state index contributed by atoms with van der Waals surface area (Å²) >= 11 is 6.05. The van der Waals surface area contributed by atoms with Gasteiger partial charge in [0, 0.05) is 13.1 Å². The highest BCUT2D eigenvalue weighted by Crippen LogP contribution is 2.21. The molecule has 1 aliphatic rings. The molecule has 0 radical (unpaired) electrons. The third-order valence-electron chi connectivity index (χ3n) is 3.13. The van der Waals surface area contributed by atoms with Gasteiger partial charge in [-0.15, -0.1) is 0 Å². The fraction of sp³-hybridized carbons (Fsp3) is 0.692. The molecule has 0 bridgehead atoms. The van der Waals surface area contributed by atoms with Gasteiger partial charge in [-0.25, -0.2) is 4.98 Å². The predicted molar refractivity (Wildman–Crippen MR) is 77.9 cm³/mol. The molecule has 5 nitrogen and oxygen atoms in total. The Balaban J connectivity index is 1.76. The topological polar surface area (TPSA) is 59.1 Å². The minimum Gasteiger partial charge on any atom is -0.376 e. The molecule has 1 aromatic heterocycles. The van der Waals surface area contributed by atoms with Crippen molar-refractivity contribution in [2.75, 3.05) is 30.3 Å². The molecule has 1 heterocycles. The van der Waals surface area contributed by atoms with Crippen LogP contribution >= 0.6 is 11.6 Å². The number of hydrogen-bond acceptors (Lipinski definition) is 5. The van der Waals surface area contributed by atoms with E-state index < -0.39 is 0 Å². The lowest BCUT2D eigenvalue weighted by Crippen LogP contribution is -2.16. The van der Waals surface area contributed by atoms with Crippen molar-refractivity contribution in [1.82, 2.24) is 9.97 Å². The third-order valence-corrected chi connectivity index (χ3v) is 3.41. The standard InChI is InChI=1S/C13H21ClN4O/c1-2-15-13-17-9-11(14)12(18-13)16-7-8-19-10-5-3-4-6-10/h9-10H,2-8H2,1H3,(H2,15,16,17,18). The number of anilines is 2. The minimum atomic E-state index is 0.444. The van der Waals surface area contributed by atoms with Crippen molar-refractivity contribution >= 4 is 23.4 Å². The smallest absolute Gasteiger partial charge is 0.224 e. The first-order valence-electron chi connectivity index (χ1n) is 6.91. The van der Waals surface area contributed by atoms with E-state index in [0.717, 1.165) is 6.54 Å². The first-order chi connectivity index (χ1) is 9.29. The number of halogens is 1. The lowest BCUT2D eigenvalue weighted by molar-refractivity contribution is 0.0659. The van der Waals surface area contributed by atoms with Crippen molar-refractivity contribution in [3.8, 4) is 0 Å². The zero-order valence-corrected chi connectivity index (χ0v) is 12.0. The maximum atomic E-state index is 6.05. The van der Waals surface area contributed by atoms with Crippen LogP contribution in [0.3, 0.4) is 0 Å². The molecule has 0 amide bonds. The van der Waals surface area contributed by atoms with Crippen LogP contribution in [0.1, 0.15) is 32.6 Å². The highest BCUT2D eigenvalue weighted by Gasteiger charge is 2.14. The van der Waals surface area contributed by atoms with Gasteiger partial charge in [0.05, 0.1) is 18.9 Å². The summed E-state index contributed by atoms with van der Waals surface area (Å²) in [6, 6.07) is 0. The van der Waals surface area contributed by atoms with E-state index in [1.807, 2.05) is 6.92 Å². The summed E-state index contributed by atoms with van der Waals surface area (Å²) in [5.41, 5.74) is 0. The Morgan fingerprint density at radius 2 is 2.16 bits per heavy atom. The second kappa shape index (κ2) is 7.50. The highest BCUT2D eigenvalue weighted by molar-refractivity contribution is 6.32. The molecule has 0 unspecified atom stereocenters. The van der Waals surface area contributed by atoms with Crippen LogP contribution in [0.2, 0.25) is 5.02 Å². The van der Waals surface area contributed by atoms with Gasteiger partial charge in [0.15, 0.2) is 5.82 Å². The fourth-order valence-corrected chi connectivity index (χ4v) is 2.34. The zero-order chi connectivity index (χ0) is 13.5. The molecule has 1 fully saturated rings. The number of aromatic nitrogens is 2. The van der Waals surface area contributed by atoms with Crippen LogP contribution in [0, 0.1) is 0 Å². The Morgan fingerprint density at radius 1 is 1.37 bits per heavy atom. The van der Waals surface area contributed by atoms with E-state index in [9.17, 15) is 0 Å². The number of nitrogens with zero attached hydrogens (tertiary/aromatic N) is 2. The predicted octanol–water partition coefficient (Wildman–Crippen LogP) is 2.93. The molecular weight excluding hydrogens is 264 g/mol. The molecule has 0 aliphatic heterocycles. The fourth-order valence-electron chi connectivity index (χ4n) is 2.18. The summed E-state index contributed by atoms with van der Waals surface area (Å²) in [4.78, 5) is 8.41. The van der Waals surface area contributed by atoms with Gasteiger partial charge in [-0.05, 0) is 19.8 Å². The molecule has 0 spiro atoms. The molecule has 2 N–H and O–H groups in total. The van der Waals surface area contributed by atoms with Gasteiger partial charge in [0.2, 0.25) is 5.95 Å². The third kappa shape index (κ3) is 4.51. The summed E-state index contributed by atoms with van der Waals surface area (Å²) < 4.78 is 5.78. The highest BCUT2D eigenvalue weighted by atomic mass is 35.5. The molecule has 2 rings (SSSR count). The molecular formula is C13H21ClN4O. The van der Waals surface area contributed by atoms with E-state index in [4.69, 9.17) is 16.3 Å². The van der Waals surface area contributed by atoms with Gasteiger partial charge >= 0.3 is 0 Å². The summed E-state index contributed by atoms with van der Waals surface area (Å²) in [5, 5.41) is 6.78. The Bertz CT molecular complexity index is 396. The molecule has 106 valence electrons.